The Bertz CT molecular complexity index is 475. The Hall–Kier alpha value is -0.900. The summed E-state index contributed by atoms with van der Waals surface area (Å²) in [5.41, 5.74) is 1.33. The number of aryl methyl sites for hydroxylation is 1. The lowest BCUT2D eigenvalue weighted by Crippen LogP contribution is -2.37. The molecule has 4 heteroatoms. The Labute approximate surface area is 122 Å². The highest BCUT2D eigenvalue weighted by Gasteiger charge is 2.30. The molecule has 0 bridgehead atoms. The van der Waals surface area contributed by atoms with Crippen molar-refractivity contribution in [3.63, 3.8) is 0 Å². The topological polar surface area (TPSA) is 20.3 Å². The first kappa shape index (κ1) is 14.5. The first-order valence-corrected chi connectivity index (χ1v) is 7.62. The Balaban J connectivity index is 2.20. The molecule has 19 heavy (non-hydrogen) atoms. The maximum Gasteiger partial charge on any atom is 0.254 e. The van der Waals surface area contributed by atoms with Crippen LogP contribution < -0.4 is 0 Å². The van der Waals surface area contributed by atoms with Crippen LogP contribution in [-0.4, -0.2) is 28.2 Å². The van der Waals surface area contributed by atoms with E-state index in [0.29, 0.717) is 10.4 Å². The van der Waals surface area contributed by atoms with Gasteiger partial charge in [0.1, 0.15) is 5.82 Å². The van der Waals surface area contributed by atoms with Gasteiger partial charge in [0.05, 0.1) is 0 Å². The molecule has 1 saturated heterocycles. The number of amides is 1. The highest BCUT2D eigenvalue weighted by atomic mass is 79.9. The van der Waals surface area contributed by atoms with Crippen LogP contribution in [0, 0.1) is 12.7 Å². The molecule has 1 heterocycles. The molecule has 0 radical (unpaired) electrons. The van der Waals surface area contributed by atoms with E-state index >= 15 is 0 Å². The molecule has 1 aliphatic rings. The summed E-state index contributed by atoms with van der Waals surface area (Å²) in [5, 5.41) is 0. The zero-order chi connectivity index (χ0) is 14.0. The van der Waals surface area contributed by atoms with Gasteiger partial charge in [-0.15, -0.1) is 0 Å². The Morgan fingerprint density at radius 3 is 3.00 bits per heavy atom. The van der Waals surface area contributed by atoms with Gasteiger partial charge in [0.25, 0.3) is 5.91 Å². The van der Waals surface area contributed by atoms with E-state index in [1.807, 2.05) is 11.8 Å². The predicted octanol–water partition coefficient (Wildman–Crippen LogP) is 3.91. The largest absolute Gasteiger partial charge is 0.336 e. The summed E-state index contributed by atoms with van der Waals surface area (Å²) in [7, 11) is 0. The fourth-order valence-corrected chi connectivity index (χ4v) is 3.13. The molecule has 2 nitrogen and oxygen atoms in total. The van der Waals surface area contributed by atoms with Crippen molar-refractivity contribution < 1.29 is 9.18 Å². The SMILES string of the molecule is Cc1ccc(F)cc1C(=O)N1CCCC1CC(C)Br. The Morgan fingerprint density at radius 1 is 1.58 bits per heavy atom. The monoisotopic (exact) mass is 327 g/mol. The maximum atomic E-state index is 13.3. The summed E-state index contributed by atoms with van der Waals surface area (Å²) < 4.78 is 13.3. The van der Waals surface area contributed by atoms with Crippen LogP contribution in [0.5, 0.6) is 0 Å². The van der Waals surface area contributed by atoms with Gasteiger partial charge in [-0.3, -0.25) is 4.79 Å². The Kier molecular flexibility index (Phi) is 4.61. The van der Waals surface area contributed by atoms with Gasteiger partial charge in [0, 0.05) is 23.0 Å². The first-order valence-electron chi connectivity index (χ1n) is 6.70. The van der Waals surface area contributed by atoms with Crippen LogP contribution in [0.1, 0.15) is 42.1 Å². The summed E-state index contributed by atoms with van der Waals surface area (Å²) >= 11 is 3.55. The number of carbonyl (C=O) groups is 1. The molecular formula is C15H19BrFNO. The second-order valence-corrected chi connectivity index (χ2v) is 6.83. The van der Waals surface area contributed by atoms with E-state index in [9.17, 15) is 9.18 Å². The summed E-state index contributed by atoms with van der Waals surface area (Å²) in [5.74, 6) is -0.383. The molecule has 0 N–H and O–H groups in total. The molecule has 1 aromatic rings. The average molecular weight is 328 g/mol. The summed E-state index contributed by atoms with van der Waals surface area (Å²) in [4.78, 5) is 14.8. The number of likely N-dealkylation sites (tertiary alicyclic amines) is 1. The predicted molar refractivity (Wildman–Crippen MR) is 78.2 cm³/mol. The van der Waals surface area contributed by atoms with Crippen LogP contribution in [0.3, 0.4) is 0 Å². The third kappa shape index (κ3) is 3.35. The third-order valence-corrected chi connectivity index (χ3v) is 4.04. The lowest BCUT2D eigenvalue weighted by Gasteiger charge is -2.26. The molecule has 104 valence electrons. The molecule has 0 aromatic heterocycles. The zero-order valence-electron chi connectivity index (χ0n) is 11.3. The number of hydrogen-bond donors (Lipinski definition) is 0. The fraction of sp³-hybridized carbons (Fsp3) is 0.533. The van der Waals surface area contributed by atoms with Crippen molar-refractivity contribution in [2.24, 2.45) is 0 Å². The molecule has 2 rings (SSSR count). The van der Waals surface area contributed by atoms with E-state index in [1.165, 1.54) is 12.1 Å². The first-order chi connectivity index (χ1) is 8.99. The van der Waals surface area contributed by atoms with E-state index in [1.54, 1.807) is 6.07 Å². The van der Waals surface area contributed by atoms with Crippen LogP contribution in [0.25, 0.3) is 0 Å². The van der Waals surface area contributed by atoms with Crippen LogP contribution >= 0.6 is 15.9 Å². The normalized spacial score (nSPS) is 20.6. The van der Waals surface area contributed by atoms with Crippen LogP contribution in [0.15, 0.2) is 18.2 Å². The van der Waals surface area contributed by atoms with Crippen LogP contribution in [0.4, 0.5) is 4.39 Å². The van der Waals surface area contributed by atoms with Gasteiger partial charge in [0.15, 0.2) is 0 Å². The lowest BCUT2D eigenvalue weighted by atomic mass is 10.1. The minimum Gasteiger partial charge on any atom is -0.336 e. The summed E-state index contributed by atoms with van der Waals surface area (Å²) in [6.45, 7) is 4.72. The molecule has 0 saturated carbocycles. The van der Waals surface area contributed by atoms with Gasteiger partial charge in [-0.25, -0.2) is 4.39 Å². The lowest BCUT2D eigenvalue weighted by molar-refractivity contribution is 0.0730. The van der Waals surface area contributed by atoms with Crippen molar-refractivity contribution in [2.75, 3.05) is 6.54 Å². The van der Waals surface area contributed by atoms with E-state index < -0.39 is 0 Å². The second kappa shape index (κ2) is 6.04. The smallest absolute Gasteiger partial charge is 0.254 e. The van der Waals surface area contributed by atoms with Gasteiger partial charge in [0.2, 0.25) is 0 Å². The summed E-state index contributed by atoms with van der Waals surface area (Å²) in [6, 6.07) is 4.68. The summed E-state index contributed by atoms with van der Waals surface area (Å²) in [6.07, 6.45) is 3.01. The number of halogens is 2. The van der Waals surface area contributed by atoms with Crippen molar-refractivity contribution in [3.05, 3.63) is 35.1 Å². The van der Waals surface area contributed by atoms with E-state index in [0.717, 1.165) is 31.4 Å². The molecule has 1 fully saturated rings. The molecule has 0 spiro atoms. The zero-order valence-corrected chi connectivity index (χ0v) is 12.9. The highest BCUT2D eigenvalue weighted by Crippen LogP contribution is 2.26. The van der Waals surface area contributed by atoms with Gasteiger partial charge < -0.3 is 4.90 Å². The molecule has 0 aliphatic carbocycles. The quantitative estimate of drug-likeness (QED) is 0.771. The second-order valence-electron chi connectivity index (χ2n) is 5.27. The number of nitrogens with zero attached hydrogens (tertiary/aromatic N) is 1. The average Bonchev–Trinajstić information content (AvgIpc) is 2.78. The minimum atomic E-state index is -0.349. The van der Waals surface area contributed by atoms with Crippen LogP contribution in [-0.2, 0) is 0 Å². The maximum absolute atomic E-state index is 13.3. The van der Waals surface area contributed by atoms with Crippen molar-refractivity contribution in [2.45, 2.75) is 44.0 Å². The third-order valence-electron chi connectivity index (χ3n) is 3.66. The van der Waals surface area contributed by atoms with E-state index in [2.05, 4.69) is 22.9 Å². The van der Waals surface area contributed by atoms with Gasteiger partial charge >= 0.3 is 0 Å². The number of hydrogen-bond acceptors (Lipinski definition) is 1. The molecule has 1 aromatic carbocycles. The minimum absolute atomic E-state index is 0.0346. The van der Waals surface area contributed by atoms with Crippen molar-refractivity contribution >= 4 is 21.8 Å². The highest BCUT2D eigenvalue weighted by molar-refractivity contribution is 9.09. The van der Waals surface area contributed by atoms with Gasteiger partial charge in [-0.1, -0.05) is 28.9 Å². The Morgan fingerprint density at radius 2 is 2.32 bits per heavy atom. The number of alkyl halides is 1. The fourth-order valence-electron chi connectivity index (χ4n) is 2.70. The van der Waals surface area contributed by atoms with Gasteiger partial charge in [-0.2, -0.15) is 0 Å². The molecular weight excluding hydrogens is 309 g/mol. The van der Waals surface area contributed by atoms with E-state index in [4.69, 9.17) is 0 Å². The number of carbonyl (C=O) groups excluding carboxylic acids is 1. The van der Waals surface area contributed by atoms with Crippen molar-refractivity contribution in [1.29, 1.82) is 0 Å². The number of rotatable bonds is 3. The standard InChI is InChI=1S/C15H19BrFNO/c1-10-5-6-12(17)9-14(10)15(19)18-7-3-4-13(18)8-11(2)16/h5-6,9,11,13H,3-4,7-8H2,1-2H3. The van der Waals surface area contributed by atoms with E-state index in [-0.39, 0.29) is 17.8 Å². The molecule has 2 unspecified atom stereocenters. The van der Waals surface area contributed by atoms with Crippen LogP contribution in [0.2, 0.25) is 0 Å². The van der Waals surface area contributed by atoms with Crippen molar-refractivity contribution in [1.82, 2.24) is 4.90 Å². The van der Waals surface area contributed by atoms with Crippen molar-refractivity contribution in [3.8, 4) is 0 Å². The molecule has 1 amide bonds. The molecule has 2 atom stereocenters. The molecule has 1 aliphatic heterocycles. The number of benzene rings is 1. The van der Waals surface area contributed by atoms with Gasteiger partial charge in [-0.05, 0) is 43.9 Å².